The average Bonchev–Trinajstić information content (AvgIpc) is 2.03. The van der Waals surface area contributed by atoms with Crippen LogP contribution >= 0.6 is 23.6 Å². The molecule has 0 atom stereocenters. The van der Waals surface area contributed by atoms with Crippen molar-refractivity contribution in [2.75, 3.05) is 0 Å². The van der Waals surface area contributed by atoms with E-state index >= 15 is 0 Å². The molecule has 4 nitrogen and oxygen atoms in total. The molecule has 0 saturated heterocycles. The Kier molecular flexibility index (Phi) is 6.71. The summed E-state index contributed by atoms with van der Waals surface area (Å²) in [6, 6.07) is 1.61. The van der Waals surface area contributed by atoms with Crippen LogP contribution in [0, 0.1) is 0 Å². The number of rotatable bonds is 2. The van der Waals surface area contributed by atoms with Crippen LogP contribution in [0.2, 0.25) is 5.15 Å². The molecule has 1 heterocycles. The zero-order valence-corrected chi connectivity index (χ0v) is 7.72. The fourth-order valence-electron chi connectivity index (χ4n) is 0.469. The number of carbonyl (C=O) groups excluding carboxylic acids is 1. The Bertz CT molecular complexity index is 300. The third-order valence-electron chi connectivity index (χ3n) is 0.890. The molecule has 0 aliphatic rings. The van der Waals surface area contributed by atoms with Gasteiger partial charge in [-0.3, -0.25) is 4.79 Å². The number of hydrogen-bond donors (Lipinski definition) is 0. The van der Waals surface area contributed by atoms with Gasteiger partial charge in [-0.15, -0.1) is 5.10 Å². The monoisotopic (exact) mass is 228 g/mol. The summed E-state index contributed by atoms with van der Waals surface area (Å²) in [7, 11) is 0. The molecule has 66 valence electrons. The molecule has 0 aliphatic carbocycles. The predicted octanol–water partition coefficient (Wildman–Crippen LogP) is 1.05. The van der Waals surface area contributed by atoms with Gasteiger partial charge in [-0.25, -0.2) is 0 Å². The first-order valence-electron chi connectivity index (χ1n) is 3.02. The van der Waals surface area contributed by atoms with Gasteiger partial charge in [-0.05, 0) is 6.07 Å². The van der Waals surface area contributed by atoms with Gasteiger partial charge < -0.3 is 4.18 Å². The number of nitrogens with zero attached hydrogens (tertiary/aromatic N) is 2. The van der Waals surface area contributed by atoms with Gasteiger partial charge in [0, 0.05) is 6.92 Å². The molecule has 0 unspecified atom stereocenters. The molecular formula is C6H6ClN2NaO2S. The SMILES string of the molecule is CC(=O)OSc1ccnnc1Cl.[NaH]. The molecule has 0 radical (unpaired) electrons. The molecule has 0 saturated carbocycles. The normalized spacial score (nSPS) is 8.77. The Balaban J connectivity index is 0.00000144. The second-order valence-corrected chi connectivity index (χ2v) is 2.98. The van der Waals surface area contributed by atoms with Crippen molar-refractivity contribution in [3.8, 4) is 0 Å². The van der Waals surface area contributed by atoms with E-state index in [0.29, 0.717) is 4.90 Å². The topological polar surface area (TPSA) is 52.1 Å². The molecule has 7 heteroatoms. The Hall–Kier alpha value is 0.190. The fraction of sp³-hybridized carbons (Fsp3) is 0.167. The zero-order chi connectivity index (χ0) is 8.97. The van der Waals surface area contributed by atoms with Crippen LogP contribution in [0.1, 0.15) is 6.92 Å². The molecular weight excluding hydrogens is 223 g/mol. The van der Waals surface area contributed by atoms with Crippen LogP contribution in [-0.2, 0) is 8.98 Å². The van der Waals surface area contributed by atoms with Crippen molar-refractivity contribution in [3.05, 3.63) is 17.4 Å². The summed E-state index contributed by atoms with van der Waals surface area (Å²) in [5.41, 5.74) is 0. The van der Waals surface area contributed by atoms with Crippen molar-refractivity contribution < 1.29 is 8.98 Å². The minimum absolute atomic E-state index is 0. The van der Waals surface area contributed by atoms with Crippen molar-refractivity contribution in [1.29, 1.82) is 0 Å². The summed E-state index contributed by atoms with van der Waals surface area (Å²) in [4.78, 5) is 11.0. The van der Waals surface area contributed by atoms with Gasteiger partial charge in [-0.1, -0.05) is 11.6 Å². The fourth-order valence-corrected chi connectivity index (χ4v) is 1.10. The first kappa shape index (κ1) is 13.2. The van der Waals surface area contributed by atoms with Crippen molar-refractivity contribution >= 4 is 59.2 Å². The molecule has 13 heavy (non-hydrogen) atoms. The van der Waals surface area contributed by atoms with Gasteiger partial charge in [0.1, 0.15) is 0 Å². The second kappa shape index (κ2) is 6.62. The van der Waals surface area contributed by atoms with Gasteiger partial charge in [0.15, 0.2) is 5.15 Å². The predicted molar refractivity (Wildman–Crippen MR) is 51.8 cm³/mol. The number of carbonyl (C=O) groups is 1. The van der Waals surface area contributed by atoms with E-state index in [4.69, 9.17) is 11.6 Å². The van der Waals surface area contributed by atoms with Gasteiger partial charge in [-0.2, -0.15) is 5.10 Å². The maximum absolute atomic E-state index is 10.4. The van der Waals surface area contributed by atoms with Crippen LogP contribution in [-0.4, -0.2) is 45.7 Å². The van der Waals surface area contributed by atoms with Crippen LogP contribution in [0.25, 0.3) is 0 Å². The maximum atomic E-state index is 10.4. The Morgan fingerprint density at radius 1 is 1.69 bits per heavy atom. The molecule has 0 N–H and O–H groups in total. The van der Waals surface area contributed by atoms with Gasteiger partial charge in [0.2, 0.25) is 0 Å². The van der Waals surface area contributed by atoms with E-state index in [1.54, 1.807) is 6.07 Å². The summed E-state index contributed by atoms with van der Waals surface area (Å²) in [5.74, 6) is -0.382. The molecule has 0 amide bonds. The van der Waals surface area contributed by atoms with Crippen LogP contribution in [0.15, 0.2) is 17.2 Å². The Morgan fingerprint density at radius 2 is 2.38 bits per heavy atom. The molecule has 1 aromatic heterocycles. The number of halogens is 1. The van der Waals surface area contributed by atoms with Gasteiger partial charge >= 0.3 is 35.5 Å². The van der Waals surface area contributed by atoms with E-state index in [9.17, 15) is 4.79 Å². The second-order valence-electron chi connectivity index (χ2n) is 1.84. The van der Waals surface area contributed by atoms with Crippen LogP contribution in [0.4, 0.5) is 0 Å². The van der Waals surface area contributed by atoms with E-state index in [0.717, 1.165) is 12.0 Å². The zero-order valence-electron chi connectivity index (χ0n) is 6.15. The number of aromatic nitrogens is 2. The third kappa shape index (κ3) is 4.83. The van der Waals surface area contributed by atoms with Crippen molar-refractivity contribution in [1.82, 2.24) is 10.2 Å². The number of hydrogen-bond acceptors (Lipinski definition) is 5. The minimum atomic E-state index is -0.382. The van der Waals surface area contributed by atoms with Crippen LogP contribution in [0.3, 0.4) is 0 Å². The summed E-state index contributed by atoms with van der Waals surface area (Å²) < 4.78 is 4.63. The summed E-state index contributed by atoms with van der Waals surface area (Å²) in [6.07, 6.45) is 1.47. The summed E-state index contributed by atoms with van der Waals surface area (Å²) in [5, 5.41) is 7.32. The molecule has 0 spiro atoms. The van der Waals surface area contributed by atoms with E-state index in [2.05, 4.69) is 14.4 Å². The van der Waals surface area contributed by atoms with Crippen molar-refractivity contribution in [3.63, 3.8) is 0 Å². The Morgan fingerprint density at radius 3 is 2.92 bits per heavy atom. The first-order valence-corrected chi connectivity index (χ1v) is 4.14. The van der Waals surface area contributed by atoms with Crippen LogP contribution < -0.4 is 0 Å². The summed E-state index contributed by atoms with van der Waals surface area (Å²) in [6.45, 7) is 1.32. The molecule has 0 aromatic carbocycles. The third-order valence-corrected chi connectivity index (χ3v) is 2.11. The molecule has 0 bridgehead atoms. The molecule has 1 aromatic rings. The van der Waals surface area contributed by atoms with E-state index in [1.807, 2.05) is 0 Å². The van der Waals surface area contributed by atoms with E-state index < -0.39 is 0 Å². The van der Waals surface area contributed by atoms with E-state index in [-0.39, 0.29) is 40.7 Å². The van der Waals surface area contributed by atoms with Crippen molar-refractivity contribution in [2.45, 2.75) is 11.8 Å². The summed E-state index contributed by atoms with van der Waals surface area (Å²) >= 11 is 6.49. The van der Waals surface area contributed by atoms with Gasteiger partial charge in [0.05, 0.1) is 23.1 Å². The molecule has 1 rings (SSSR count). The molecule has 0 aliphatic heterocycles. The molecule has 0 fully saturated rings. The standard InChI is InChI=1S/C6H5ClN2O2S.Na.H/c1-4(10)11-12-5-2-3-8-9-6(5)7;;/h2-3H,1H3;;. The van der Waals surface area contributed by atoms with Crippen LogP contribution in [0.5, 0.6) is 0 Å². The Labute approximate surface area is 107 Å². The quantitative estimate of drug-likeness (QED) is 0.560. The first-order chi connectivity index (χ1) is 5.70. The van der Waals surface area contributed by atoms with E-state index in [1.165, 1.54) is 13.1 Å². The van der Waals surface area contributed by atoms with Crippen molar-refractivity contribution in [2.24, 2.45) is 0 Å². The average molecular weight is 229 g/mol. The van der Waals surface area contributed by atoms with Gasteiger partial charge in [0.25, 0.3) is 0 Å².